The fourth-order valence-corrected chi connectivity index (χ4v) is 4.81. The predicted octanol–water partition coefficient (Wildman–Crippen LogP) is 8.64. The number of fused-ring (bicyclic) bond motifs is 2. The summed E-state index contributed by atoms with van der Waals surface area (Å²) in [6.07, 6.45) is 0. The first-order chi connectivity index (χ1) is 13.6. The summed E-state index contributed by atoms with van der Waals surface area (Å²) in [4.78, 5) is 0. The molecule has 146 valence electrons. The quantitative estimate of drug-likeness (QED) is 0.187. The molecule has 0 aliphatic heterocycles. The van der Waals surface area contributed by atoms with Gasteiger partial charge in [0, 0.05) is 0 Å². The second-order valence-corrected chi connectivity index (χ2v) is 10.8. The van der Waals surface area contributed by atoms with Gasteiger partial charge in [0.25, 0.3) is 0 Å². The van der Waals surface area contributed by atoms with Gasteiger partial charge in [0.2, 0.25) is 0 Å². The van der Waals surface area contributed by atoms with Crippen molar-refractivity contribution in [2.45, 2.75) is 59.3 Å². The van der Waals surface area contributed by atoms with Gasteiger partial charge in [-0.1, -0.05) is 84.0 Å². The molecule has 0 saturated carbocycles. The van der Waals surface area contributed by atoms with Crippen molar-refractivity contribution in [1.82, 2.24) is 0 Å². The Balaban J connectivity index is 2.14. The van der Waals surface area contributed by atoms with Crippen molar-refractivity contribution in [2.75, 3.05) is 0 Å². The number of rotatable bonds is 0. The standard InChI is InChI=1S/C29H30/c1-17-11-12-23-25-16-20(29(5,6)7)14-18-13-19(28(2,3)4)15-24(26(18)25)22-10-8-9-21(17)27(22)23/h8-16H,1-7H3. The first-order valence-corrected chi connectivity index (χ1v) is 10.7. The highest BCUT2D eigenvalue weighted by Gasteiger charge is 2.22. The summed E-state index contributed by atoms with van der Waals surface area (Å²) in [5, 5.41) is 11.1. The zero-order valence-corrected chi connectivity index (χ0v) is 18.7. The van der Waals surface area contributed by atoms with Crippen LogP contribution in [0.25, 0.3) is 43.1 Å². The summed E-state index contributed by atoms with van der Waals surface area (Å²) in [6, 6.07) is 21.2. The van der Waals surface area contributed by atoms with Crippen LogP contribution in [0.1, 0.15) is 58.2 Å². The Morgan fingerprint density at radius 3 is 1.59 bits per heavy atom. The van der Waals surface area contributed by atoms with Crippen LogP contribution in [0.2, 0.25) is 0 Å². The summed E-state index contributed by atoms with van der Waals surface area (Å²) in [5.74, 6) is 0. The van der Waals surface area contributed by atoms with Crippen molar-refractivity contribution < 1.29 is 0 Å². The molecule has 0 radical (unpaired) electrons. The van der Waals surface area contributed by atoms with Crippen LogP contribution in [0.3, 0.4) is 0 Å². The van der Waals surface area contributed by atoms with E-state index in [9.17, 15) is 0 Å². The zero-order valence-electron chi connectivity index (χ0n) is 18.7. The number of hydrogen-bond donors (Lipinski definition) is 0. The summed E-state index contributed by atoms with van der Waals surface area (Å²) in [7, 11) is 0. The molecule has 0 nitrogen and oxygen atoms in total. The number of aryl methyl sites for hydroxylation is 1. The Labute approximate surface area is 173 Å². The van der Waals surface area contributed by atoms with Crippen molar-refractivity contribution >= 4 is 43.1 Å². The Morgan fingerprint density at radius 1 is 0.517 bits per heavy atom. The molecule has 5 aromatic carbocycles. The normalized spacial score (nSPS) is 13.3. The molecular weight excluding hydrogens is 348 g/mol. The van der Waals surface area contributed by atoms with Crippen molar-refractivity contribution in [3.05, 3.63) is 71.3 Å². The molecule has 0 bridgehead atoms. The van der Waals surface area contributed by atoms with Crippen LogP contribution < -0.4 is 0 Å². The minimum Gasteiger partial charge on any atom is -0.0610 e. The van der Waals surface area contributed by atoms with Crippen LogP contribution in [0.4, 0.5) is 0 Å². The first-order valence-electron chi connectivity index (χ1n) is 10.7. The predicted molar refractivity (Wildman–Crippen MR) is 130 cm³/mol. The van der Waals surface area contributed by atoms with Crippen LogP contribution in [0.15, 0.2) is 54.6 Å². The van der Waals surface area contributed by atoms with Crippen LogP contribution in [-0.4, -0.2) is 0 Å². The summed E-state index contributed by atoms with van der Waals surface area (Å²) < 4.78 is 0. The molecule has 5 aromatic rings. The van der Waals surface area contributed by atoms with E-state index in [-0.39, 0.29) is 10.8 Å². The zero-order chi connectivity index (χ0) is 20.7. The Morgan fingerprint density at radius 2 is 1.03 bits per heavy atom. The molecule has 0 heteroatoms. The van der Waals surface area contributed by atoms with Gasteiger partial charge >= 0.3 is 0 Å². The van der Waals surface area contributed by atoms with Crippen LogP contribution in [0, 0.1) is 6.92 Å². The lowest BCUT2D eigenvalue weighted by Crippen LogP contribution is -2.12. The summed E-state index contributed by atoms with van der Waals surface area (Å²) in [5.41, 5.74) is 4.40. The maximum Gasteiger partial charge on any atom is -0.00237 e. The molecule has 0 heterocycles. The molecular formula is C29H30. The molecule has 0 aliphatic carbocycles. The van der Waals surface area contributed by atoms with E-state index in [2.05, 4.69) is 103 Å². The largest absolute Gasteiger partial charge is 0.0610 e. The minimum absolute atomic E-state index is 0.114. The van der Waals surface area contributed by atoms with Gasteiger partial charge in [-0.2, -0.15) is 0 Å². The molecule has 0 atom stereocenters. The molecule has 5 rings (SSSR count). The van der Waals surface area contributed by atoms with Gasteiger partial charge in [-0.25, -0.2) is 0 Å². The average Bonchev–Trinajstić information content (AvgIpc) is 2.65. The first kappa shape index (κ1) is 18.4. The Hall–Kier alpha value is -2.60. The number of hydrogen-bond acceptors (Lipinski definition) is 0. The van der Waals surface area contributed by atoms with E-state index in [4.69, 9.17) is 0 Å². The summed E-state index contributed by atoms with van der Waals surface area (Å²) in [6.45, 7) is 16.1. The third-order valence-corrected chi connectivity index (χ3v) is 6.62. The second kappa shape index (κ2) is 5.72. The molecule has 0 amide bonds. The van der Waals surface area contributed by atoms with Crippen LogP contribution in [-0.2, 0) is 10.8 Å². The summed E-state index contributed by atoms with van der Waals surface area (Å²) >= 11 is 0. The van der Waals surface area contributed by atoms with E-state index >= 15 is 0 Å². The van der Waals surface area contributed by atoms with Crippen LogP contribution in [0.5, 0.6) is 0 Å². The van der Waals surface area contributed by atoms with Gasteiger partial charge in [0.1, 0.15) is 0 Å². The maximum atomic E-state index is 2.45. The fourth-order valence-electron chi connectivity index (χ4n) is 4.81. The highest BCUT2D eigenvalue weighted by atomic mass is 14.3. The van der Waals surface area contributed by atoms with E-state index in [1.54, 1.807) is 0 Å². The third-order valence-electron chi connectivity index (χ3n) is 6.62. The topological polar surface area (TPSA) is 0 Å². The maximum absolute atomic E-state index is 2.45. The fraction of sp³-hybridized carbons (Fsp3) is 0.310. The van der Waals surface area contributed by atoms with E-state index in [1.165, 1.54) is 59.8 Å². The molecule has 29 heavy (non-hydrogen) atoms. The van der Waals surface area contributed by atoms with E-state index in [1.807, 2.05) is 0 Å². The Kier molecular flexibility index (Phi) is 3.64. The highest BCUT2D eigenvalue weighted by Crippen LogP contribution is 2.44. The minimum atomic E-state index is 0.114. The van der Waals surface area contributed by atoms with Gasteiger partial charge in [-0.3, -0.25) is 0 Å². The molecule has 0 aliphatic rings. The molecule has 0 N–H and O–H groups in total. The molecule has 0 aromatic heterocycles. The van der Waals surface area contributed by atoms with Gasteiger partial charge in [-0.05, 0) is 89.7 Å². The lowest BCUT2D eigenvalue weighted by molar-refractivity contribution is 0.590. The second-order valence-electron chi connectivity index (χ2n) is 10.8. The smallest absolute Gasteiger partial charge is 0.00237 e. The average molecular weight is 379 g/mol. The lowest BCUT2D eigenvalue weighted by Gasteiger charge is -2.25. The van der Waals surface area contributed by atoms with Crippen molar-refractivity contribution in [3.8, 4) is 0 Å². The van der Waals surface area contributed by atoms with Crippen molar-refractivity contribution in [2.24, 2.45) is 0 Å². The van der Waals surface area contributed by atoms with Gasteiger partial charge in [0.05, 0.1) is 0 Å². The Bertz CT molecular complexity index is 1330. The molecule has 0 fully saturated rings. The van der Waals surface area contributed by atoms with Gasteiger partial charge in [-0.15, -0.1) is 0 Å². The van der Waals surface area contributed by atoms with E-state index < -0.39 is 0 Å². The monoisotopic (exact) mass is 378 g/mol. The molecule has 0 unspecified atom stereocenters. The molecule has 0 spiro atoms. The lowest BCUT2D eigenvalue weighted by atomic mass is 9.79. The third kappa shape index (κ3) is 2.65. The molecule has 0 saturated heterocycles. The highest BCUT2D eigenvalue weighted by molar-refractivity contribution is 6.33. The van der Waals surface area contributed by atoms with E-state index in [0.29, 0.717) is 0 Å². The van der Waals surface area contributed by atoms with Crippen LogP contribution >= 0.6 is 0 Å². The van der Waals surface area contributed by atoms with Gasteiger partial charge in [0.15, 0.2) is 0 Å². The van der Waals surface area contributed by atoms with E-state index in [0.717, 1.165) is 0 Å². The number of benzene rings is 5. The van der Waals surface area contributed by atoms with Crippen molar-refractivity contribution in [1.29, 1.82) is 0 Å². The SMILES string of the molecule is Cc1ccc2c3cc(C(C)(C)C)cc4cc(C(C)(C)C)cc(c5cccc1c52)c43. The van der Waals surface area contributed by atoms with Gasteiger partial charge < -0.3 is 0 Å². The van der Waals surface area contributed by atoms with Crippen molar-refractivity contribution in [3.63, 3.8) is 0 Å².